The van der Waals surface area contributed by atoms with Gasteiger partial charge in [0.25, 0.3) is 5.91 Å². The Morgan fingerprint density at radius 2 is 1.35 bits per heavy atom. The first-order valence-electron chi connectivity index (χ1n) is 8.84. The van der Waals surface area contributed by atoms with Crippen molar-refractivity contribution in [3.8, 4) is 0 Å². The Hall–Kier alpha value is -2.41. The second-order valence-electron chi connectivity index (χ2n) is 6.84. The highest BCUT2D eigenvalue weighted by atomic mass is 16.2. The Kier molecular flexibility index (Phi) is 8.25. The molecule has 1 aromatic carbocycles. The maximum absolute atomic E-state index is 12.5. The summed E-state index contributed by atoms with van der Waals surface area (Å²) in [5, 5.41) is 8.17. The summed E-state index contributed by atoms with van der Waals surface area (Å²) in [5.41, 5.74) is 1.29. The average Bonchev–Trinajstić information content (AvgIpc) is 2.48. The Labute approximate surface area is 155 Å². The number of hydrogen-bond acceptors (Lipinski definition) is 4. The lowest BCUT2D eigenvalue weighted by Crippen LogP contribution is -2.42. The fourth-order valence-electron chi connectivity index (χ4n) is 2.82. The predicted molar refractivity (Wildman–Crippen MR) is 104 cm³/mol. The highest BCUT2D eigenvalue weighted by Crippen LogP contribution is 2.19. The molecule has 0 saturated carbocycles. The molecule has 7 nitrogen and oxygen atoms in total. The lowest BCUT2D eigenvalue weighted by atomic mass is 10.1. The van der Waals surface area contributed by atoms with Gasteiger partial charge in [-0.1, -0.05) is 0 Å². The highest BCUT2D eigenvalue weighted by molar-refractivity contribution is 5.99. The van der Waals surface area contributed by atoms with E-state index in [2.05, 4.69) is 48.5 Å². The van der Waals surface area contributed by atoms with E-state index in [1.807, 2.05) is 0 Å². The molecular weight excluding hydrogens is 332 g/mol. The largest absolute Gasteiger partial charge is 0.351 e. The van der Waals surface area contributed by atoms with Crippen LogP contribution in [0.4, 0.5) is 11.4 Å². The molecule has 0 heterocycles. The van der Waals surface area contributed by atoms with E-state index >= 15 is 0 Å². The number of nitrogens with zero attached hydrogens (tertiary/aromatic N) is 1. The summed E-state index contributed by atoms with van der Waals surface area (Å²) >= 11 is 0. The molecule has 0 atom stereocenters. The standard InChI is InChI=1S/C19H30N4O3/c1-12(2)23(13(3)4)8-7-20-19(26)16-9-17(21-14(5)24)11-18(10-16)22-15(6)25/h9-13H,7-8H2,1-6H3,(H,20,26)(H,21,24)(H,22,25). The van der Waals surface area contributed by atoms with Crippen LogP contribution in [0.15, 0.2) is 18.2 Å². The van der Waals surface area contributed by atoms with Gasteiger partial charge in [0, 0.05) is 56.0 Å². The van der Waals surface area contributed by atoms with Crippen molar-refractivity contribution in [3.05, 3.63) is 23.8 Å². The number of carbonyl (C=O) groups is 3. The van der Waals surface area contributed by atoms with Gasteiger partial charge in [-0.05, 0) is 45.9 Å². The SMILES string of the molecule is CC(=O)Nc1cc(NC(C)=O)cc(C(=O)NCCN(C(C)C)C(C)C)c1. The summed E-state index contributed by atoms with van der Waals surface area (Å²) in [6.45, 7) is 12.5. The summed E-state index contributed by atoms with van der Waals surface area (Å²) in [6.07, 6.45) is 0. The van der Waals surface area contributed by atoms with Crippen LogP contribution in [0.2, 0.25) is 0 Å². The van der Waals surface area contributed by atoms with Crippen LogP contribution in [0.25, 0.3) is 0 Å². The average molecular weight is 362 g/mol. The van der Waals surface area contributed by atoms with Crippen molar-refractivity contribution in [2.45, 2.75) is 53.6 Å². The summed E-state index contributed by atoms with van der Waals surface area (Å²) in [5.74, 6) is -0.752. The molecule has 144 valence electrons. The summed E-state index contributed by atoms with van der Waals surface area (Å²) < 4.78 is 0. The molecular formula is C19H30N4O3. The van der Waals surface area contributed by atoms with Gasteiger partial charge in [-0.3, -0.25) is 19.3 Å². The summed E-state index contributed by atoms with van der Waals surface area (Å²) in [6, 6.07) is 5.57. The van der Waals surface area contributed by atoms with E-state index in [0.29, 0.717) is 35.6 Å². The first-order chi connectivity index (χ1) is 12.1. The second-order valence-corrected chi connectivity index (χ2v) is 6.84. The fourth-order valence-corrected chi connectivity index (χ4v) is 2.82. The van der Waals surface area contributed by atoms with Crippen LogP contribution in [-0.4, -0.2) is 47.8 Å². The fraction of sp³-hybridized carbons (Fsp3) is 0.526. The molecule has 0 bridgehead atoms. The number of carbonyl (C=O) groups excluding carboxylic acids is 3. The van der Waals surface area contributed by atoms with Crippen LogP contribution < -0.4 is 16.0 Å². The van der Waals surface area contributed by atoms with Crippen molar-refractivity contribution in [3.63, 3.8) is 0 Å². The van der Waals surface area contributed by atoms with Gasteiger partial charge in [0.2, 0.25) is 11.8 Å². The van der Waals surface area contributed by atoms with Gasteiger partial charge >= 0.3 is 0 Å². The number of benzene rings is 1. The monoisotopic (exact) mass is 362 g/mol. The molecule has 0 radical (unpaired) electrons. The smallest absolute Gasteiger partial charge is 0.251 e. The third-order valence-electron chi connectivity index (χ3n) is 3.82. The molecule has 26 heavy (non-hydrogen) atoms. The van der Waals surface area contributed by atoms with Crippen molar-refractivity contribution >= 4 is 29.1 Å². The second kappa shape index (κ2) is 9.91. The van der Waals surface area contributed by atoms with Gasteiger partial charge in [-0.2, -0.15) is 0 Å². The lowest BCUT2D eigenvalue weighted by molar-refractivity contribution is -0.115. The van der Waals surface area contributed by atoms with Gasteiger partial charge in [0.15, 0.2) is 0 Å². The Balaban J connectivity index is 2.86. The van der Waals surface area contributed by atoms with Crippen LogP contribution in [-0.2, 0) is 9.59 Å². The third kappa shape index (κ3) is 7.23. The molecule has 0 fully saturated rings. The summed E-state index contributed by atoms with van der Waals surface area (Å²) in [4.78, 5) is 37.4. The number of anilines is 2. The highest BCUT2D eigenvalue weighted by Gasteiger charge is 2.14. The van der Waals surface area contributed by atoms with E-state index < -0.39 is 0 Å². The van der Waals surface area contributed by atoms with Gasteiger partial charge in [0.1, 0.15) is 0 Å². The molecule has 0 aliphatic carbocycles. The Morgan fingerprint density at radius 3 is 1.73 bits per heavy atom. The van der Waals surface area contributed by atoms with E-state index in [4.69, 9.17) is 0 Å². The Bertz CT molecular complexity index is 614. The number of hydrogen-bond donors (Lipinski definition) is 3. The molecule has 0 spiro atoms. The maximum Gasteiger partial charge on any atom is 0.251 e. The topological polar surface area (TPSA) is 90.5 Å². The minimum Gasteiger partial charge on any atom is -0.351 e. The molecule has 3 amide bonds. The minimum absolute atomic E-state index is 0.249. The van der Waals surface area contributed by atoms with Crippen molar-refractivity contribution in [2.24, 2.45) is 0 Å². The molecule has 0 aliphatic heterocycles. The quantitative estimate of drug-likeness (QED) is 0.662. The minimum atomic E-state index is -0.253. The van der Waals surface area contributed by atoms with E-state index in [0.717, 1.165) is 6.54 Å². The van der Waals surface area contributed by atoms with Crippen LogP contribution >= 0.6 is 0 Å². The van der Waals surface area contributed by atoms with E-state index in [-0.39, 0.29) is 17.7 Å². The van der Waals surface area contributed by atoms with Crippen LogP contribution in [0.1, 0.15) is 51.9 Å². The predicted octanol–water partition coefficient (Wildman–Crippen LogP) is 2.45. The van der Waals surface area contributed by atoms with Crippen molar-refractivity contribution < 1.29 is 14.4 Å². The summed E-state index contributed by atoms with van der Waals surface area (Å²) in [7, 11) is 0. The molecule has 0 aromatic heterocycles. The first-order valence-corrected chi connectivity index (χ1v) is 8.84. The molecule has 1 aromatic rings. The number of amides is 3. The zero-order valence-electron chi connectivity index (χ0n) is 16.5. The van der Waals surface area contributed by atoms with E-state index in [1.54, 1.807) is 18.2 Å². The molecule has 0 aliphatic rings. The molecule has 0 unspecified atom stereocenters. The zero-order valence-corrected chi connectivity index (χ0v) is 16.5. The van der Waals surface area contributed by atoms with Crippen LogP contribution in [0, 0.1) is 0 Å². The van der Waals surface area contributed by atoms with Crippen LogP contribution in [0.3, 0.4) is 0 Å². The van der Waals surface area contributed by atoms with Gasteiger partial charge in [0.05, 0.1) is 0 Å². The molecule has 1 rings (SSSR count). The van der Waals surface area contributed by atoms with E-state index in [9.17, 15) is 14.4 Å². The van der Waals surface area contributed by atoms with Crippen molar-refractivity contribution in [1.29, 1.82) is 0 Å². The van der Waals surface area contributed by atoms with Gasteiger partial charge < -0.3 is 16.0 Å². The molecule has 0 saturated heterocycles. The number of nitrogens with one attached hydrogen (secondary N) is 3. The zero-order chi connectivity index (χ0) is 19.9. The van der Waals surface area contributed by atoms with E-state index in [1.165, 1.54) is 13.8 Å². The third-order valence-corrected chi connectivity index (χ3v) is 3.82. The first kappa shape index (κ1) is 21.6. The maximum atomic E-state index is 12.5. The van der Waals surface area contributed by atoms with Crippen LogP contribution in [0.5, 0.6) is 0 Å². The van der Waals surface area contributed by atoms with Crippen molar-refractivity contribution in [1.82, 2.24) is 10.2 Å². The van der Waals surface area contributed by atoms with Gasteiger partial charge in [-0.15, -0.1) is 0 Å². The lowest BCUT2D eigenvalue weighted by Gasteiger charge is -2.30. The number of rotatable bonds is 8. The van der Waals surface area contributed by atoms with Gasteiger partial charge in [-0.25, -0.2) is 0 Å². The normalized spacial score (nSPS) is 11.0. The molecule has 7 heteroatoms. The van der Waals surface area contributed by atoms with Crippen molar-refractivity contribution in [2.75, 3.05) is 23.7 Å². The Morgan fingerprint density at radius 1 is 0.885 bits per heavy atom. The molecule has 3 N–H and O–H groups in total.